The lowest BCUT2D eigenvalue weighted by molar-refractivity contribution is -0.120. The molecule has 1 aliphatic rings. The van der Waals surface area contributed by atoms with E-state index in [1.54, 1.807) is 18.4 Å². The number of aryl methyl sites for hydroxylation is 1. The minimum atomic E-state index is -0.269. The fourth-order valence-corrected chi connectivity index (χ4v) is 4.89. The summed E-state index contributed by atoms with van der Waals surface area (Å²) in [5.74, 6) is 0.224. The third-order valence-corrected chi connectivity index (χ3v) is 6.85. The third-order valence-electron chi connectivity index (χ3n) is 6.04. The number of likely N-dealkylation sites (N-methyl/N-ethyl adjacent to an activating group) is 1. The number of hydrogen-bond acceptors (Lipinski definition) is 7. The molecule has 1 aromatic carbocycles. The minimum Gasteiger partial charge on any atom is -0.469 e. The van der Waals surface area contributed by atoms with Gasteiger partial charge in [0.05, 0.1) is 23.9 Å². The minimum absolute atomic E-state index is 0.0631. The normalized spacial score (nSPS) is 16.9. The highest BCUT2D eigenvalue weighted by Gasteiger charge is 2.26. The number of carbonyl (C=O) groups excluding carboxylic acids is 2. The molecule has 1 atom stereocenters. The molecule has 1 fully saturated rings. The zero-order valence-electron chi connectivity index (χ0n) is 19.6. The Balaban J connectivity index is 1.20. The zero-order valence-corrected chi connectivity index (χ0v) is 20.4. The number of hydrogen-bond donors (Lipinski definition) is 2. The van der Waals surface area contributed by atoms with E-state index in [4.69, 9.17) is 4.42 Å². The topological polar surface area (TPSA) is 90.7 Å². The van der Waals surface area contributed by atoms with Gasteiger partial charge in [-0.2, -0.15) is 0 Å². The Labute approximate surface area is 204 Å². The molecule has 3 aromatic rings. The first-order chi connectivity index (χ1) is 16.5. The van der Waals surface area contributed by atoms with Crippen molar-refractivity contribution in [2.45, 2.75) is 25.8 Å². The van der Waals surface area contributed by atoms with E-state index in [0.29, 0.717) is 34.7 Å². The van der Waals surface area contributed by atoms with Crippen LogP contribution >= 0.6 is 11.3 Å². The number of furan rings is 1. The van der Waals surface area contributed by atoms with E-state index in [1.165, 1.54) is 23.2 Å². The first-order valence-electron chi connectivity index (χ1n) is 11.5. The van der Waals surface area contributed by atoms with Crippen molar-refractivity contribution in [2.75, 3.05) is 45.1 Å². The van der Waals surface area contributed by atoms with E-state index in [1.807, 2.05) is 0 Å². The van der Waals surface area contributed by atoms with Gasteiger partial charge in [-0.1, -0.05) is 30.3 Å². The molecule has 2 amide bonds. The van der Waals surface area contributed by atoms with Crippen molar-refractivity contribution >= 4 is 28.3 Å². The van der Waals surface area contributed by atoms with Crippen LogP contribution in [0.4, 0.5) is 5.13 Å². The SMILES string of the molecule is Cc1occc1C(=O)Nc1nc(CC(=O)NCCCN2CCN(C)CC2c2ccccc2)cs1. The molecule has 1 unspecified atom stereocenters. The van der Waals surface area contributed by atoms with Gasteiger partial charge < -0.3 is 14.6 Å². The fourth-order valence-electron chi connectivity index (χ4n) is 4.18. The zero-order chi connectivity index (χ0) is 23.9. The molecule has 0 bridgehead atoms. The second kappa shape index (κ2) is 11.4. The molecule has 0 radical (unpaired) electrons. The van der Waals surface area contributed by atoms with Gasteiger partial charge in [0.2, 0.25) is 5.91 Å². The van der Waals surface area contributed by atoms with Crippen LogP contribution in [0.2, 0.25) is 0 Å². The Morgan fingerprint density at radius 1 is 1.21 bits per heavy atom. The van der Waals surface area contributed by atoms with Crippen LogP contribution in [0.15, 0.2) is 52.5 Å². The Kier molecular flexibility index (Phi) is 8.10. The molecule has 0 spiro atoms. The van der Waals surface area contributed by atoms with Crippen molar-refractivity contribution in [2.24, 2.45) is 0 Å². The van der Waals surface area contributed by atoms with Crippen molar-refractivity contribution in [1.29, 1.82) is 0 Å². The third kappa shape index (κ3) is 6.31. The van der Waals surface area contributed by atoms with Crippen molar-refractivity contribution in [3.63, 3.8) is 0 Å². The predicted octanol–water partition coefficient (Wildman–Crippen LogP) is 3.33. The summed E-state index contributed by atoms with van der Waals surface area (Å²) in [4.78, 5) is 33.9. The van der Waals surface area contributed by atoms with Crippen LogP contribution < -0.4 is 10.6 Å². The second-order valence-electron chi connectivity index (χ2n) is 8.59. The van der Waals surface area contributed by atoms with Crippen LogP contribution in [-0.2, 0) is 11.2 Å². The van der Waals surface area contributed by atoms with Crippen molar-refractivity contribution in [3.05, 3.63) is 70.6 Å². The molecule has 4 rings (SSSR count). The van der Waals surface area contributed by atoms with Gasteiger partial charge in [-0.25, -0.2) is 4.98 Å². The summed E-state index contributed by atoms with van der Waals surface area (Å²) in [6, 6.07) is 12.6. The number of thiazole rings is 1. The summed E-state index contributed by atoms with van der Waals surface area (Å²) >= 11 is 1.30. The van der Waals surface area contributed by atoms with Gasteiger partial charge in [-0.15, -0.1) is 11.3 Å². The van der Waals surface area contributed by atoms with Crippen LogP contribution in [-0.4, -0.2) is 66.4 Å². The van der Waals surface area contributed by atoms with Gasteiger partial charge in [-0.3, -0.25) is 19.8 Å². The maximum atomic E-state index is 12.4. The molecule has 1 saturated heterocycles. The van der Waals surface area contributed by atoms with E-state index in [-0.39, 0.29) is 18.2 Å². The van der Waals surface area contributed by atoms with Gasteiger partial charge in [0, 0.05) is 44.1 Å². The van der Waals surface area contributed by atoms with Crippen LogP contribution in [0.25, 0.3) is 0 Å². The molecular formula is C25H31N5O3S. The highest BCUT2D eigenvalue weighted by atomic mass is 32.1. The van der Waals surface area contributed by atoms with E-state index in [0.717, 1.165) is 32.6 Å². The lowest BCUT2D eigenvalue weighted by Gasteiger charge is -2.40. The van der Waals surface area contributed by atoms with Gasteiger partial charge in [0.1, 0.15) is 5.76 Å². The standard InChI is InChI=1S/C25H31N5O3S/c1-18-21(9-14-33-18)24(32)28-25-27-20(17-34-25)15-23(31)26-10-6-11-30-13-12-29(2)16-22(30)19-7-4-3-5-8-19/h3-5,7-9,14,17,22H,6,10-13,15-16H2,1-2H3,(H,26,31)(H,27,28,32). The maximum absolute atomic E-state index is 12.4. The summed E-state index contributed by atoms with van der Waals surface area (Å²) in [7, 11) is 2.17. The monoisotopic (exact) mass is 481 g/mol. The van der Waals surface area contributed by atoms with E-state index < -0.39 is 0 Å². The molecule has 9 heteroatoms. The Hall–Kier alpha value is -3.01. The highest BCUT2D eigenvalue weighted by Crippen LogP contribution is 2.24. The number of nitrogens with zero attached hydrogens (tertiary/aromatic N) is 3. The van der Waals surface area contributed by atoms with Gasteiger partial charge in [-0.05, 0) is 32.0 Å². The van der Waals surface area contributed by atoms with Crippen LogP contribution in [0.5, 0.6) is 0 Å². The van der Waals surface area contributed by atoms with Gasteiger partial charge in [0.15, 0.2) is 5.13 Å². The first-order valence-corrected chi connectivity index (χ1v) is 12.4. The average molecular weight is 482 g/mol. The maximum Gasteiger partial charge on any atom is 0.260 e. The van der Waals surface area contributed by atoms with Gasteiger partial charge in [0.25, 0.3) is 5.91 Å². The molecule has 0 aliphatic carbocycles. The molecule has 8 nitrogen and oxygen atoms in total. The first kappa shape index (κ1) is 24.1. The lowest BCUT2D eigenvalue weighted by atomic mass is 10.0. The molecular weight excluding hydrogens is 450 g/mol. The summed E-state index contributed by atoms with van der Waals surface area (Å²) in [5.41, 5.74) is 2.46. The number of nitrogens with one attached hydrogen (secondary N) is 2. The molecule has 2 N–H and O–H groups in total. The van der Waals surface area contributed by atoms with Gasteiger partial charge >= 0.3 is 0 Å². The van der Waals surface area contributed by atoms with Crippen LogP contribution in [0, 0.1) is 6.92 Å². The average Bonchev–Trinajstić information content (AvgIpc) is 3.46. The largest absolute Gasteiger partial charge is 0.469 e. The van der Waals surface area contributed by atoms with Crippen molar-refractivity contribution < 1.29 is 14.0 Å². The number of amides is 2. The van der Waals surface area contributed by atoms with Crippen molar-refractivity contribution in [1.82, 2.24) is 20.1 Å². The predicted molar refractivity (Wildman–Crippen MR) is 133 cm³/mol. The van der Waals surface area contributed by atoms with E-state index in [2.05, 4.69) is 62.8 Å². The number of aromatic nitrogens is 1. The van der Waals surface area contributed by atoms with E-state index in [9.17, 15) is 9.59 Å². The fraction of sp³-hybridized carbons (Fsp3) is 0.400. The van der Waals surface area contributed by atoms with Crippen LogP contribution in [0.1, 0.15) is 39.8 Å². The molecule has 34 heavy (non-hydrogen) atoms. The number of piperazine rings is 1. The summed E-state index contributed by atoms with van der Waals surface area (Å²) < 4.78 is 5.16. The molecule has 1 aliphatic heterocycles. The Morgan fingerprint density at radius 2 is 2.03 bits per heavy atom. The Bertz CT molecular complexity index is 1100. The quantitative estimate of drug-likeness (QED) is 0.456. The smallest absolute Gasteiger partial charge is 0.260 e. The summed E-state index contributed by atoms with van der Waals surface area (Å²) in [6.07, 6.45) is 2.56. The summed E-state index contributed by atoms with van der Waals surface area (Å²) in [6.45, 7) is 6.39. The highest BCUT2D eigenvalue weighted by molar-refractivity contribution is 7.14. The molecule has 3 heterocycles. The lowest BCUT2D eigenvalue weighted by Crippen LogP contribution is -2.47. The van der Waals surface area contributed by atoms with Crippen LogP contribution in [0.3, 0.4) is 0 Å². The molecule has 0 saturated carbocycles. The molecule has 180 valence electrons. The summed E-state index contributed by atoms with van der Waals surface area (Å²) in [5, 5.41) is 8.02. The van der Waals surface area contributed by atoms with Crippen molar-refractivity contribution in [3.8, 4) is 0 Å². The Morgan fingerprint density at radius 3 is 2.79 bits per heavy atom. The number of anilines is 1. The van der Waals surface area contributed by atoms with E-state index >= 15 is 0 Å². The number of rotatable bonds is 9. The number of carbonyl (C=O) groups is 2. The number of benzene rings is 1. The second-order valence-corrected chi connectivity index (χ2v) is 9.45. The molecule has 2 aromatic heterocycles.